The van der Waals surface area contributed by atoms with E-state index >= 15 is 0 Å². The van der Waals surface area contributed by atoms with Gasteiger partial charge >= 0.3 is 5.63 Å². The van der Waals surface area contributed by atoms with Gasteiger partial charge in [0, 0.05) is 5.39 Å². The molecule has 0 bridgehead atoms. The minimum atomic E-state index is -0.698. The average Bonchev–Trinajstić information content (AvgIpc) is 2.69. The van der Waals surface area contributed by atoms with E-state index in [9.17, 15) is 9.59 Å². The van der Waals surface area contributed by atoms with Gasteiger partial charge in [-0.05, 0) is 50.6 Å². The van der Waals surface area contributed by atoms with Gasteiger partial charge in [0.15, 0.2) is 11.3 Å². The van der Waals surface area contributed by atoms with Crippen molar-refractivity contribution in [3.8, 4) is 11.5 Å². The van der Waals surface area contributed by atoms with Gasteiger partial charge in [0.2, 0.25) is 0 Å². The molecular weight excluding hydrogens is 358 g/mol. The van der Waals surface area contributed by atoms with Crippen molar-refractivity contribution in [2.75, 3.05) is 13.2 Å². The number of amides is 1. The second kappa shape index (κ2) is 8.61. The summed E-state index contributed by atoms with van der Waals surface area (Å²) in [5.74, 6) is 0.760. The SMILES string of the molecule is CCOc1ccc([C@H](C)NC(=O)c2cc3cccc(OCC)c3oc2=O)cc1. The molecule has 146 valence electrons. The molecule has 6 nitrogen and oxygen atoms in total. The van der Waals surface area contributed by atoms with E-state index in [4.69, 9.17) is 13.9 Å². The highest BCUT2D eigenvalue weighted by Crippen LogP contribution is 2.25. The summed E-state index contributed by atoms with van der Waals surface area (Å²) in [6.45, 7) is 6.66. The molecule has 1 aromatic heterocycles. The van der Waals surface area contributed by atoms with Crippen molar-refractivity contribution in [1.82, 2.24) is 5.32 Å². The van der Waals surface area contributed by atoms with E-state index < -0.39 is 11.5 Å². The van der Waals surface area contributed by atoms with Crippen molar-refractivity contribution >= 4 is 16.9 Å². The average molecular weight is 381 g/mol. The van der Waals surface area contributed by atoms with Crippen molar-refractivity contribution in [2.24, 2.45) is 0 Å². The summed E-state index contributed by atoms with van der Waals surface area (Å²) in [5.41, 5.74) is 0.501. The zero-order chi connectivity index (χ0) is 20.1. The maximum absolute atomic E-state index is 12.6. The maximum atomic E-state index is 12.6. The van der Waals surface area contributed by atoms with Gasteiger partial charge in [-0.1, -0.05) is 24.3 Å². The molecule has 0 saturated heterocycles. The van der Waals surface area contributed by atoms with Gasteiger partial charge in [0.25, 0.3) is 5.91 Å². The minimum absolute atomic E-state index is 0.0427. The molecule has 1 atom stereocenters. The number of carbonyl (C=O) groups excluding carboxylic acids is 1. The first-order valence-electron chi connectivity index (χ1n) is 9.26. The predicted molar refractivity (Wildman–Crippen MR) is 107 cm³/mol. The minimum Gasteiger partial charge on any atom is -0.494 e. The number of para-hydroxylation sites is 1. The van der Waals surface area contributed by atoms with E-state index in [1.165, 1.54) is 6.07 Å². The summed E-state index contributed by atoms with van der Waals surface area (Å²) in [6, 6.07) is 14.0. The van der Waals surface area contributed by atoms with E-state index in [-0.39, 0.29) is 11.6 Å². The van der Waals surface area contributed by atoms with Gasteiger partial charge < -0.3 is 19.2 Å². The van der Waals surface area contributed by atoms with E-state index in [0.717, 1.165) is 11.3 Å². The molecule has 0 aliphatic carbocycles. The van der Waals surface area contributed by atoms with E-state index in [1.807, 2.05) is 45.0 Å². The van der Waals surface area contributed by atoms with Crippen LogP contribution in [0.2, 0.25) is 0 Å². The Morgan fingerprint density at radius 2 is 1.79 bits per heavy atom. The molecule has 1 amide bonds. The Kier molecular flexibility index (Phi) is 5.99. The highest BCUT2D eigenvalue weighted by atomic mass is 16.5. The second-order valence-corrected chi connectivity index (χ2v) is 6.25. The highest BCUT2D eigenvalue weighted by Gasteiger charge is 2.18. The fourth-order valence-electron chi connectivity index (χ4n) is 2.92. The summed E-state index contributed by atoms with van der Waals surface area (Å²) in [6.07, 6.45) is 0. The summed E-state index contributed by atoms with van der Waals surface area (Å²) in [7, 11) is 0. The molecule has 3 rings (SSSR count). The van der Waals surface area contributed by atoms with E-state index in [2.05, 4.69) is 5.32 Å². The fraction of sp³-hybridized carbons (Fsp3) is 0.273. The number of hydrogen-bond donors (Lipinski definition) is 1. The van der Waals surface area contributed by atoms with Crippen molar-refractivity contribution in [2.45, 2.75) is 26.8 Å². The van der Waals surface area contributed by atoms with E-state index in [0.29, 0.717) is 29.9 Å². The molecule has 6 heteroatoms. The van der Waals surface area contributed by atoms with Crippen LogP contribution in [0.4, 0.5) is 0 Å². The van der Waals surface area contributed by atoms with Gasteiger partial charge in [0.05, 0.1) is 19.3 Å². The van der Waals surface area contributed by atoms with Crippen molar-refractivity contribution in [3.63, 3.8) is 0 Å². The predicted octanol–water partition coefficient (Wildman–Crippen LogP) is 4.08. The first kappa shape index (κ1) is 19.5. The molecule has 0 spiro atoms. The van der Waals surface area contributed by atoms with Crippen molar-refractivity contribution in [3.05, 3.63) is 70.1 Å². The highest BCUT2D eigenvalue weighted by molar-refractivity contribution is 5.97. The number of carbonyl (C=O) groups is 1. The number of fused-ring (bicyclic) bond motifs is 1. The molecule has 2 aromatic carbocycles. The zero-order valence-corrected chi connectivity index (χ0v) is 16.2. The van der Waals surface area contributed by atoms with Crippen LogP contribution in [0.15, 0.2) is 57.7 Å². The molecular formula is C22H23NO5. The molecule has 0 fully saturated rings. The molecule has 3 aromatic rings. The molecule has 1 N–H and O–H groups in total. The number of rotatable bonds is 7. The van der Waals surface area contributed by atoms with Crippen LogP contribution in [-0.4, -0.2) is 19.1 Å². The number of hydrogen-bond acceptors (Lipinski definition) is 5. The molecule has 28 heavy (non-hydrogen) atoms. The first-order chi connectivity index (χ1) is 13.5. The van der Waals surface area contributed by atoms with E-state index in [1.54, 1.807) is 18.2 Å². The Bertz CT molecular complexity index is 1020. The lowest BCUT2D eigenvalue weighted by atomic mass is 10.1. The van der Waals surface area contributed by atoms with Gasteiger partial charge in [-0.25, -0.2) is 4.79 Å². The number of benzene rings is 2. The zero-order valence-electron chi connectivity index (χ0n) is 16.2. The maximum Gasteiger partial charge on any atom is 0.349 e. The van der Waals surface area contributed by atoms with Crippen LogP contribution in [0.1, 0.15) is 42.7 Å². The Morgan fingerprint density at radius 1 is 1.07 bits per heavy atom. The third kappa shape index (κ3) is 4.17. The van der Waals surface area contributed by atoms with Gasteiger partial charge in [0.1, 0.15) is 11.3 Å². The second-order valence-electron chi connectivity index (χ2n) is 6.25. The van der Waals surface area contributed by atoms with Crippen molar-refractivity contribution in [1.29, 1.82) is 0 Å². The Hall–Kier alpha value is -3.28. The standard InChI is InChI=1S/C22H23NO5/c1-4-26-17-11-9-15(10-12-17)14(3)23-21(24)18-13-16-7-6-8-19(27-5-2)20(16)28-22(18)25/h6-14H,4-5H2,1-3H3,(H,23,24)/t14-/m0/s1. The summed E-state index contributed by atoms with van der Waals surface area (Å²) < 4.78 is 16.3. The summed E-state index contributed by atoms with van der Waals surface area (Å²) >= 11 is 0. The quantitative estimate of drug-likeness (QED) is 0.624. The van der Waals surface area contributed by atoms with Crippen LogP contribution < -0.4 is 20.4 Å². The third-order valence-corrected chi connectivity index (χ3v) is 4.31. The summed E-state index contributed by atoms with van der Waals surface area (Å²) in [4.78, 5) is 25.0. The first-order valence-corrected chi connectivity index (χ1v) is 9.26. The third-order valence-electron chi connectivity index (χ3n) is 4.31. The fourth-order valence-corrected chi connectivity index (χ4v) is 2.92. The topological polar surface area (TPSA) is 77.8 Å². The number of ether oxygens (including phenoxy) is 2. The lowest BCUT2D eigenvalue weighted by Crippen LogP contribution is -2.30. The molecule has 0 radical (unpaired) electrons. The largest absolute Gasteiger partial charge is 0.494 e. The van der Waals surface area contributed by atoms with Crippen LogP contribution in [0.3, 0.4) is 0 Å². The monoisotopic (exact) mass is 381 g/mol. The lowest BCUT2D eigenvalue weighted by Gasteiger charge is -2.15. The van der Waals surface area contributed by atoms with Gasteiger partial charge in [-0.2, -0.15) is 0 Å². The van der Waals surface area contributed by atoms with Crippen LogP contribution in [0, 0.1) is 0 Å². The Balaban J connectivity index is 1.82. The van der Waals surface area contributed by atoms with Gasteiger partial charge in [-0.3, -0.25) is 4.79 Å². The molecule has 0 aliphatic rings. The van der Waals surface area contributed by atoms with Crippen LogP contribution in [-0.2, 0) is 0 Å². The Morgan fingerprint density at radius 3 is 2.46 bits per heavy atom. The van der Waals surface area contributed by atoms with Crippen LogP contribution in [0.25, 0.3) is 11.0 Å². The smallest absolute Gasteiger partial charge is 0.349 e. The normalized spacial score (nSPS) is 11.8. The number of nitrogens with one attached hydrogen (secondary N) is 1. The molecule has 0 unspecified atom stereocenters. The van der Waals surface area contributed by atoms with Crippen molar-refractivity contribution < 1.29 is 18.7 Å². The molecule has 1 heterocycles. The van der Waals surface area contributed by atoms with Gasteiger partial charge in [-0.15, -0.1) is 0 Å². The molecule has 0 aliphatic heterocycles. The lowest BCUT2D eigenvalue weighted by molar-refractivity contribution is 0.0936. The van der Waals surface area contributed by atoms with Crippen LogP contribution in [0.5, 0.6) is 11.5 Å². The summed E-state index contributed by atoms with van der Waals surface area (Å²) in [5, 5.41) is 3.47. The van der Waals surface area contributed by atoms with Crippen LogP contribution >= 0.6 is 0 Å². The Labute approximate surface area is 163 Å². The molecule has 0 saturated carbocycles.